The zero-order valence-electron chi connectivity index (χ0n) is 13.6. The molecule has 126 valence electrons. The van der Waals surface area contributed by atoms with E-state index >= 15 is 0 Å². The van der Waals surface area contributed by atoms with Crippen molar-refractivity contribution in [3.8, 4) is 0 Å². The van der Waals surface area contributed by atoms with Gasteiger partial charge in [0.05, 0.1) is 0 Å². The predicted octanol–water partition coefficient (Wildman–Crippen LogP) is 2.04. The Morgan fingerprint density at radius 1 is 1.35 bits per heavy atom. The highest BCUT2D eigenvalue weighted by Crippen LogP contribution is 2.15. The molecule has 6 heteroatoms. The standard InChI is InChI=1S/C17H24ClN3O2/c1-11(2)9-15(17(23)21-8-7-14(19)10-21)20-16(22)12-3-5-13(18)6-4-12/h3-6,11,14-15H,7-10,19H2,1-2H3,(H,20,22)/t14-,15?/m1/s1. The van der Waals surface area contributed by atoms with Gasteiger partial charge in [0.15, 0.2) is 0 Å². The molecule has 1 unspecified atom stereocenters. The maximum Gasteiger partial charge on any atom is 0.251 e. The molecule has 1 heterocycles. The van der Waals surface area contributed by atoms with Gasteiger partial charge in [-0.05, 0) is 43.0 Å². The fourth-order valence-corrected chi connectivity index (χ4v) is 2.87. The number of hydrogen-bond acceptors (Lipinski definition) is 3. The van der Waals surface area contributed by atoms with Crippen LogP contribution in [0.25, 0.3) is 0 Å². The third-order valence-corrected chi connectivity index (χ3v) is 4.21. The third-order valence-electron chi connectivity index (χ3n) is 3.95. The number of hydrogen-bond donors (Lipinski definition) is 2. The minimum Gasteiger partial charge on any atom is -0.340 e. The van der Waals surface area contributed by atoms with E-state index < -0.39 is 6.04 Å². The van der Waals surface area contributed by atoms with E-state index in [1.54, 1.807) is 29.2 Å². The number of halogens is 1. The summed E-state index contributed by atoms with van der Waals surface area (Å²) in [4.78, 5) is 26.8. The van der Waals surface area contributed by atoms with Crippen LogP contribution in [0.15, 0.2) is 24.3 Å². The van der Waals surface area contributed by atoms with Crippen LogP contribution in [0, 0.1) is 5.92 Å². The highest BCUT2D eigenvalue weighted by Gasteiger charge is 2.30. The molecule has 5 nitrogen and oxygen atoms in total. The van der Waals surface area contributed by atoms with E-state index in [4.69, 9.17) is 17.3 Å². The summed E-state index contributed by atoms with van der Waals surface area (Å²) in [6.07, 6.45) is 1.41. The molecule has 1 aromatic rings. The highest BCUT2D eigenvalue weighted by atomic mass is 35.5. The van der Waals surface area contributed by atoms with Crippen LogP contribution in [0.3, 0.4) is 0 Å². The second kappa shape index (κ2) is 7.79. The molecule has 1 saturated heterocycles. The Kier molecular flexibility index (Phi) is 6.02. The van der Waals surface area contributed by atoms with Gasteiger partial charge in [-0.3, -0.25) is 9.59 Å². The molecule has 0 bridgehead atoms. The van der Waals surface area contributed by atoms with Crippen LogP contribution in [-0.4, -0.2) is 41.9 Å². The smallest absolute Gasteiger partial charge is 0.251 e. The first kappa shape index (κ1) is 17.8. The van der Waals surface area contributed by atoms with E-state index in [0.29, 0.717) is 36.0 Å². The molecular weight excluding hydrogens is 314 g/mol. The van der Waals surface area contributed by atoms with Crippen LogP contribution in [0.5, 0.6) is 0 Å². The highest BCUT2D eigenvalue weighted by molar-refractivity contribution is 6.30. The van der Waals surface area contributed by atoms with E-state index in [0.717, 1.165) is 6.42 Å². The lowest BCUT2D eigenvalue weighted by Crippen LogP contribution is -2.49. The number of rotatable bonds is 5. The van der Waals surface area contributed by atoms with Gasteiger partial charge in [-0.15, -0.1) is 0 Å². The predicted molar refractivity (Wildman–Crippen MR) is 91.3 cm³/mol. The van der Waals surface area contributed by atoms with Gasteiger partial charge < -0.3 is 16.0 Å². The number of nitrogens with zero attached hydrogens (tertiary/aromatic N) is 1. The molecule has 0 aromatic heterocycles. The molecule has 0 aliphatic carbocycles. The van der Waals surface area contributed by atoms with Crippen LogP contribution in [0.4, 0.5) is 0 Å². The number of likely N-dealkylation sites (tertiary alicyclic amines) is 1. The molecular formula is C17H24ClN3O2. The summed E-state index contributed by atoms with van der Waals surface area (Å²) in [5.74, 6) is -0.0103. The maximum absolute atomic E-state index is 12.7. The normalized spacial score (nSPS) is 19.0. The molecule has 2 rings (SSSR count). The third kappa shape index (κ3) is 4.94. The van der Waals surface area contributed by atoms with Gasteiger partial charge in [-0.2, -0.15) is 0 Å². The molecule has 1 aliphatic heterocycles. The minimum absolute atomic E-state index is 0.0330. The van der Waals surface area contributed by atoms with E-state index in [1.807, 2.05) is 13.8 Å². The average Bonchev–Trinajstić information content (AvgIpc) is 2.92. The molecule has 0 spiro atoms. The van der Waals surface area contributed by atoms with Crippen LogP contribution in [0.1, 0.15) is 37.0 Å². The van der Waals surface area contributed by atoms with Crippen LogP contribution in [-0.2, 0) is 4.79 Å². The molecule has 1 fully saturated rings. The lowest BCUT2D eigenvalue weighted by Gasteiger charge is -2.25. The van der Waals surface area contributed by atoms with Crippen molar-refractivity contribution in [1.29, 1.82) is 0 Å². The number of nitrogens with one attached hydrogen (secondary N) is 1. The number of carbonyl (C=O) groups is 2. The Morgan fingerprint density at radius 3 is 2.52 bits per heavy atom. The fraction of sp³-hybridized carbons (Fsp3) is 0.529. The Balaban J connectivity index is 2.07. The molecule has 1 aromatic carbocycles. The van der Waals surface area contributed by atoms with Crippen molar-refractivity contribution in [1.82, 2.24) is 10.2 Å². The first-order valence-electron chi connectivity index (χ1n) is 7.97. The number of amides is 2. The second-order valence-electron chi connectivity index (χ2n) is 6.50. The Morgan fingerprint density at radius 2 is 2.00 bits per heavy atom. The molecule has 1 aliphatic rings. The summed E-state index contributed by atoms with van der Waals surface area (Å²) in [7, 11) is 0. The molecule has 0 radical (unpaired) electrons. The molecule has 2 amide bonds. The molecule has 0 saturated carbocycles. The van der Waals surface area contributed by atoms with Crippen LogP contribution < -0.4 is 11.1 Å². The van der Waals surface area contributed by atoms with Gasteiger partial charge in [-0.25, -0.2) is 0 Å². The fourth-order valence-electron chi connectivity index (χ4n) is 2.74. The monoisotopic (exact) mass is 337 g/mol. The van der Waals surface area contributed by atoms with Gasteiger partial charge >= 0.3 is 0 Å². The van der Waals surface area contributed by atoms with Gasteiger partial charge in [0.25, 0.3) is 5.91 Å². The lowest BCUT2D eigenvalue weighted by atomic mass is 10.0. The first-order chi connectivity index (χ1) is 10.9. The molecule has 23 heavy (non-hydrogen) atoms. The summed E-state index contributed by atoms with van der Waals surface area (Å²) >= 11 is 5.84. The minimum atomic E-state index is -0.525. The van der Waals surface area contributed by atoms with Crippen LogP contribution >= 0.6 is 11.6 Å². The number of benzene rings is 1. The van der Waals surface area contributed by atoms with Gasteiger partial charge in [0, 0.05) is 29.7 Å². The van der Waals surface area contributed by atoms with Crippen molar-refractivity contribution >= 4 is 23.4 Å². The van der Waals surface area contributed by atoms with Crippen molar-refractivity contribution < 1.29 is 9.59 Å². The lowest BCUT2D eigenvalue weighted by molar-refractivity contribution is -0.132. The van der Waals surface area contributed by atoms with Gasteiger partial charge in [0.2, 0.25) is 5.91 Å². The Bertz CT molecular complexity index is 559. The van der Waals surface area contributed by atoms with E-state index in [9.17, 15) is 9.59 Å². The summed E-state index contributed by atoms with van der Waals surface area (Å²) in [5.41, 5.74) is 6.37. The molecule has 3 N–H and O–H groups in total. The topological polar surface area (TPSA) is 75.4 Å². The van der Waals surface area contributed by atoms with Crippen molar-refractivity contribution in [2.75, 3.05) is 13.1 Å². The largest absolute Gasteiger partial charge is 0.340 e. The average molecular weight is 338 g/mol. The van der Waals surface area contributed by atoms with Gasteiger partial charge in [-0.1, -0.05) is 25.4 Å². The summed E-state index contributed by atoms with van der Waals surface area (Å²) < 4.78 is 0. The summed E-state index contributed by atoms with van der Waals surface area (Å²) in [6.45, 7) is 5.28. The Labute approximate surface area is 142 Å². The van der Waals surface area contributed by atoms with E-state index in [1.165, 1.54) is 0 Å². The SMILES string of the molecule is CC(C)CC(NC(=O)c1ccc(Cl)cc1)C(=O)N1CC[C@@H](N)C1. The van der Waals surface area contributed by atoms with Crippen LogP contribution in [0.2, 0.25) is 5.02 Å². The van der Waals surface area contributed by atoms with E-state index in [-0.39, 0.29) is 17.9 Å². The maximum atomic E-state index is 12.7. The number of carbonyl (C=O) groups excluding carboxylic acids is 2. The zero-order valence-corrected chi connectivity index (χ0v) is 14.3. The number of nitrogens with two attached hydrogens (primary N) is 1. The van der Waals surface area contributed by atoms with Crippen molar-refractivity contribution in [3.63, 3.8) is 0 Å². The van der Waals surface area contributed by atoms with Crippen molar-refractivity contribution in [2.24, 2.45) is 11.7 Å². The van der Waals surface area contributed by atoms with Gasteiger partial charge in [0.1, 0.15) is 6.04 Å². The first-order valence-corrected chi connectivity index (χ1v) is 8.35. The summed E-state index contributed by atoms with van der Waals surface area (Å²) in [6, 6.07) is 6.14. The van der Waals surface area contributed by atoms with Crippen molar-refractivity contribution in [2.45, 2.75) is 38.8 Å². The summed E-state index contributed by atoms with van der Waals surface area (Å²) in [5, 5.41) is 3.43. The zero-order chi connectivity index (χ0) is 17.0. The quantitative estimate of drug-likeness (QED) is 0.863. The Hall–Kier alpha value is -1.59. The van der Waals surface area contributed by atoms with Crippen molar-refractivity contribution in [3.05, 3.63) is 34.9 Å². The molecule has 2 atom stereocenters. The van der Waals surface area contributed by atoms with E-state index in [2.05, 4.69) is 5.32 Å². The second-order valence-corrected chi connectivity index (χ2v) is 6.93.